The number of carbonyl (C=O) groups excluding carboxylic acids is 2. The third-order valence-corrected chi connectivity index (χ3v) is 3.11. The Hall–Kier alpha value is -2.56. The Kier molecular flexibility index (Phi) is 3.89. The number of rotatable bonds is 4. The molecule has 0 unspecified atom stereocenters. The average Bonchev–Trinajstić information content (AvgIpc) is 2.72. The van der Waals surface area contributed by atoms with Gasteiger partial charge in [-0.3, -0.25) is 20.4 Å². The summed E-state index contributed by atoms with van der Waals surface area (Å²) in [6, 6.07) is 9.31. The summed E-state index contributed by atoms with van der Waals surface area (Å²) in [7, 11) is 0. The van der Waals surface area contributed by atoms with E-state index in [9.17, 15) is 9.59 Å². The molecule has 0 aliphatic heterocycles. The number of aryl methyl sites for hydroxylation is 1. The quantitative estimate of drug-likeness (QED) is 0.591. The highest BCUT2D eigenvalue weighted by Crippen LogP contribution is 2.18. The van der Waals surface area contributed by atoms with Gasteiger partial charge in [0.15, 0.2) is 5.78 Å². The van der Waals surface area contributed by atoms with E-state index in [-0.39, 0.29) is 11.7 Å². The number of benzene rings is 1. The van der Waals surface area contributed by atoms with Crippen molar-refractivity contribution >= 4 is 17.4 Å². The number of Topliss-reactive ketones (excluding diaryl/α,β-unsaturated/α-hetero) is 1. The van der Waals surface area contributed by atoms with Gasteiger partial charge in [-0.05, 0) is 38.5 Å². The lowest BCUT2D eigenvalue weighted by molar-refractivity contribution is 0.0957. The van der Waals surface area contributed by atoms with E-state index < -0.39 is 0 Å². The summed E-state index contributed by atoms with van der Waals surface area (Å²) in [5.74, 6) is -0.353. The molecule has 0 fully saturated rings. The highest BCUT2D eigenvalue weighted by atomic mass is 16.2. The molecule has 5 heteroatoms. The van der Waals surface area contributed by atoms with E-state index in [1.54, 1.807) is 13.8 Å². The van der Waals surface area contributed by atoms with Gasteiger partial charge in [-0.1, -0.05) is 18.2 Å². The normalized spacial score (nSPS) is 10.2. The zero-order valence-corrected chi connectivity index (χ0v) is 11.7. The second-order valence-corrected chi connectivity index (χ2v) is 4.63. The molecular weight excluding hydrogens is 254 g/mol. The van der Waals surface area contributed by atoms with Gasteiger partial charge in [0.2, 0.25) is 0 Å². The van der Waals surface area contributed by atoms with Crippen LogP contribution in [0.4, 0.5) is 5.69 Å². The second kappa shape index (κ2) is 5.61. The molecule has 0 saturated heterocycles. The first-order valence-corrected chi connectivity index (χ1v) is 6.32. The van der Waals surface area contributed by atoms with Gasteiger partial charge >= 0.3 is 0 Å². The number of aromatic amines is 1. The second-order valence-electron chi connectivity index (χ2n) is 4.63. The summed E-state index contributed by atoms with van der Waals surface area (Å²) in [6.07, 6.45) is 0. The average molecular weight is 271 g/mol. The van der Waals surface area contributed by atoms with E-state index >= 15 is 0 Å². The van der Waals surface area contributed by atoms with Crippen molar-refractivity contribution in [2.24, 2.45) is 0 Å². The van der Waals surface area contributed by atoms with Crippen molar-refractivity contribution < 1.29 is 9.59 Å². The largest absolute Gasteiger partial charge is 0.354 e. The summed E-state index contributed by atoms with van der Waals surface area (Å²) in [6.45, 7) is 5.04. The maximum Gasteiger partial charge on any atom is 0.286 e. The number of para-hydroxylation sites is 1. The van der Waals surface area contributed by atoms with Crippen LogP contribution in [0.15, 0.2) is 30.3 Å². The van der Waals surface area contributed by atoms with Crippen molar-refractivity contribution in [2.45, 2.75) is 20.8 Å². The Labute approximate surface area is 117 Å². The van der Waals surface area contributed by atoms with Crippen LogP contribution in [0.25, 0.3) is 0 Å². The molecule has 2 rings (SSSR count). The van der Waals surface area contributed by atoms with Crippen LogP contribution >= 0.6 is 0 Å². The van der Waals surface area contributed by atoms with Crippen molar-refractivity contribution in [3.8, 4) is 0 Å². The molecule has 20 heavy (non-hydrogen) atoms. The van der Waals surface area contributed by atoms with Crippen molar-refractivity contribution in [1.29, 1.82) is 0 Å². The molecule has 0 spiro atoms. The Morgan fingerprint density at radius 1 is 1.10 bits per heavy atom. The molecule has 0 atom stereocenters. The number of hydrogen-bond donors (Lipinski definition) is 3. The topological polar surface area (TPSA) is 74.0 Å². The van der Waals surface area contributed by atoms with Crippen molar-refractivity contribution in [2.75, 3.05) is 5.43 Å². The van der Waals surface area contributed by atoms with Crippen LogP contribution < -0.4 is 10.9 Å². The first-order chi connectivity index (χ1) is 9.50. The zero-order valence-electron chi connectivity index (χ0n) is 11.7. The molecule has 0 saturated carbocycles. The van der Waals surface area contributed by atoms with Gasteiger partial charge in [-0.25, -0.2) is 0 Å². The van der Waals surface area contributed by atoms with Crippen LogP contribution in [0.2, 0.25) is 0 Å². The van der Waals surface area contributed by atoms with Gasteiger partial charge in [-0.2, -0.15) is 0 Å². The maximum atomic E-state index is 12.1. The van der Waals surface area contributed by atoms with Crippen LogP contribution in [0.1, 0.15) is 39.0 Å². The minimum absolute atomic E-state index is 0.0497. The monoisotopic (exact) mass is 271 g/mol. The first-order valence-electron chi connectivity index (χ1n) is 6.32. The minimum Gasteiger partial charge on any atom is -0.354 e. The van der Waals surface area contributed by atoms with Gasteiger partial charge in [0, 0.05) is 11.3 Å². The molecule has 0 aliphatic rings. The predicted octanol–water partition coefficient (Wildman–Crippen LogP) is 2.59. The van der Waals surface area contributed by atoms with Gasteiger partial charge < -0.3 is 4.98 Å². The molecule has 1 aromatic heterocycles. The van der Waals surface area contributed by atoms with Gasteiger partial charge in [0.05, 0.1) is 5.69 Å². The number of ketones is 1. The lowest BCUT2D eigenvalue weighted by Gasteiger charge is -2.07. The summed E-state index contributed by atoms with van der Waals surface area (Å²) in [4.78, 5) is 26.6. The van der Waals surface area contributed by atoms with Crippen LogP contribution in [0.5, 0.6) is 0 Å². The summed E-state index contributed by atoms with van der Waals surface area (Å²) in [5, 5.41) is 0. The van der Waals surface area contributed by atoms with E-state index in [2.05, 4.69) is 15.8 Å². The minimum atomic E-state index is -0.304. The Morgan fingerprint density at radius 3 is 2.30 bits per heavy atom. The van der Waals surface area contributed by atoms with E-state index in [0.717, 1.165) is 5.69 Å². The number of amides is 1. The van der Waals surface area contributed by atoms with Crippen LogP contribution in [0.3, 0.4) is 0 Å². The molecule has 2 aromatic rings. The van der Waals surface area contributed by atoms with Crippen LogP contribution in [-0.4, -0.2) is 16.7 Å². The van der Waals surface area contributed by atoms with Gasteiger partial charge in [0.25, 0.3) is 5.91 Å². The summed E-state index contributed by atoms with van der Waals surface area (Å²) < 4.78 is 0. The molecule has 1 aromatic carbocycles. The van der Waals surface area contributed by atoms with Crippen LogP contribution in [0, 0.1) is 13.8 Å². The molecule has 0 aliphatic carbocycles. The van der Waals surface area contributed by atoms with E-state index in [4.69, 9.17) is 0 Å². The number of carbonyl (C=O) groups is 2. The predicted molar refractivity (Wildman–Crippen MR) is 77.8 cm³/mol. The first kappa shape index (κ1) is 13.9. The highest BCUT2D eigenvalue weighted by molar-refractivity contribution is 6.02. The van der Waals surface area contributed by atoms with Crippen molar-refractivity contribution in [3.05, 3.63) is 52.8 Å². The molecular formula is C15H17N3O2. The smallest absolute Gasteiger partial charge is 0.286 e. The lowest BCUT2D eigenvalue weighted by atomic mass is 10.1. The molecule has 3 N–H and O–H groups in total. The Morgan fingerprint density at radius 2 is 1.75 bits per heavy atom. The van der Waals surface area contributed by atoms with E-state index in [1.165, 1.54) is 6.92 Å². The number of nitrogens with one attached hydrogen (secondary N) is 3. The number of hydrazine groups is 1. The molecule has 104 valence electrons. The van der Waals surface area contributed by atoms with Crippen LogP contribution in [-0.2, 0) is 0 Å². The van der Waals surface area contributed by atoms with Crippen molar-refractivity contribution in [1.82, 2.24) is 10.4 Å². The molecule has 5 nitrogen and oxygen atoms in total. The molecule has 1 amide bonds. The highest BCUT2D eigenvalue weighted by Gasteiger charge is 2.19. The fourth-order valence-corrected chi connectivity index (χ4v) is 2.22. The molecule has 0 bridgehead atoms. The molecule has 0 radical (unpaired) electrons. The number of H-pyrrole nitrogens is 1. The number of hydrogen-bond acceptors (Lipinski definition) is 3. The fraction of sp³-hybridized carbons (Fsp3) is 0.200. The maximum absolute atomic E-state index is 12.1. The third kappa shape index (κ3) is 2.71. The zero-order chi connectivity index (χ0) is 14.7. The SMILES string of the molecule is CC(=O)c1c(C)[nH]c(C(=O)NNc2ccccc2)c1C. The Bertz CT molecular complexity index is 645. The Balaban J connectivity index is 2.14. The lowest BCUT2D eigenvalue weighted by Crippen LogP contribution is -2.30. The summed E-state index contributed by atoms with van der Waals surface area (Å²) >= 11 is 0. The third-order valence-electron chi connectivity index (χ3n) is 3.11. The fourth-order valence-electron chi connectivity index (χ4n) is 2.22. The van der Waals surface area contributed by atoms with E-state index in [1.807, 2.05) is 30.3 Å². The summed E-state index contributed by atoms with van der Waals surface area (Å²) in [5.41, 5.74) is 8.57. The van der Waals surface area contributed by atoms with Crippen molar-refractivity contribution in [3.63, 3.8) is 0 Å². The van der Waals surface area contributed by atoms with E-state index in [0.29, 0.717) is 22.5 Å². The number of anilines is 1. The van der Waals surface area contributed by atoms with Gasteiger partial charge in [0.1, 0.15) is 5.69 Å². The number of aromatic nitrogens is 1. The molecule has 1 heterocycles. The standard InChI is InChI=1S/C15H17N3O2/c1-9-13(11(3)19)10(2)16-14(9)15(20)18-17-12-7-5-4-6-8-12/h4-8,16-17H,1-3H3,(H,18,20). The van der Waals surface area contributed by atoms with Gasteiger partial charge in [-0.15, -0.1) is 0 Å².